The van der Waals surface area contributed by atoms with E-state index in [9.17, 15) is 14.4 Å². The van der Waals surface area contributed by atoms with Crippen molar-refractivity contribution < 1.29 is 19.1 Å². The first-order valence-electron chi connectivity index (χ1n) is 9.37. The quantitative estimate of drug-likeness (QED) is 0.763. The number of carbonyl (C=O) groups excluding carboxylic acids is 3. The molecule has 1 unspecified atom stereocenters. The highest BCUT2D eigenvalue weighted by molar-refractivity contribution is 8.15. The molecule has 2 aliphatic heterocycles. The Labute approximate surface area is 188 Å². The van der Waals surface area contributed by atoms with Gasteiger partial charge in [-0.15, -0.1) is 5.10 Å². The number of hydrogen-bond donors (Lipinski definition) is 1. The molecule has 31 heavy (non-hydrogen) atoms. The predicted octanol–water partition coefficient (Wildman–Crippen LogP) is 3.05. The van der Waals surface area contributed by atoms with Gasteiger partial charge in [0.2, 0.25) is 16.7 Å². The minimum absolute atomic E-state index is 0.174. The second-order valence-corrected chi connectivity index (χ2v) is 8.68. The average Bonchev–Trinajstić information content (AvgIpc) is 3.21. The van der Waals surface area contributed by atoms with Crippen LogP contribution in [0.25, 0.3) is 0 Å². The molecule has 0 aromatic heterocycles. The van der Waals surface area contributed by atoms with Crippen molar-refractivity contribution in [3.8, 4) is 5.75 Å². The number of carbonyl (C=O) groups is 3. The van der Waals surface area contributed by atoms with Crippen LogP contribution in [-0.4, -0.2) is 35.0 Å². The molecule has 2 aliphatic rings. The number of thioether (sulfide) groups is 1. The number of nitrogens with one attached hydrogen (secondary N) is 1. The van der Waals surface area contributed by atoms with Crippen LogP contribution in [-0.2, 0) is 25.8 Å². The highest BCUT2D eigenvalue weighted by Gasteiger charge is 2.61. The lowest BCUT2D eigenvalue weighted by molar-refractivity contribution is -0.139. The smallest absolute Gasteiger partial charge is 0.271 e. The van der Waals surface area contributed by atoms with Crippen molar-refractivity contribution >= 4 is 51.9 Å². The summed E-state index contributed by atoms with van der Waals surface area (Å²) in [4.78, 5) is 38.0. The van der Waals surface area contributed by atoms with Gasteiger partial charge in [-0.2, -0.15) is 5.01 Å². The first kappa shape index (κ1) is 21.2. The van der Waals surface area contributed by atoms with Crippen molar-refractivity contribution in [1.29, 1.82) is 0 Å². The van der Waals surface area contributed by atoms with Gasteiger partial charge < -0.3 is 15.0 Å². The third-order valence-corrected chi connectivity index (χ3v) is 6.44. The van der Waals surface area contributed by atoms with E-state index in [0.29, 0.717) is 22.0 Å². The van der Waals surface area contributed by atoms with Gasteiger partial charge >= 0.3 is 0 Å². The van der Waals surface area contributed by atoms with Crippen molar-refractivity contribution in [1.82, 2.24) is 10.3 Å². The van der Waals surface area contributed by atoms with E-state index >= 15 is 0 Å². The normalized spacial score (nSPS) is 19.5. The maximum absolute atomic E-state index is 13.8. The Hall–Kier alpha value is -3.04. The zero-order chi connectivity index (χ0) is 22.3. The van der Waals surface area contributed by atoms with E-state index in [1.165, 1.54) is 13.8 Å². The third kappa shape index (κ3) is 3.53. The lowest BCUT2D eigenvalue weighted by atomic mass is 10.1. The standard InChI is InChI=1S/C21H19ClN4O4S/c1-12(27)23-20-24-26(13(2)28)21(31-20)17-10-15(22)6-9-18(17)25(19(21)29)11-14-4-7-16(30-3)8-5-14/h4-10H,11H2,1-3H3,(H,23,24,27). The molecule has 3 amide bonds. The number of nitrogens with zero attached hydrogens (tertiary/aromatic N) is 3. The Kier molecular flexibility index (Phi) is 5.40. The molecule has 2 heterocycles. The summed E-state index contributed by atoms with van der Waals surface area (Å²) >= 11 is 7.28. The second kappa shape index (κ2) is 7.90. The van der Waals surface area contributed by atoms with Gasteiger partial charge in [0.15, 0.2) is 5.17 Å². The molecule has 1 atom stereocenters. The number of hydrazone groups is 1. The Morgan fingerprint density at radius 3 is 2.52 bits per heavy atom. The van der Waals surface area contributed by atoms with Gasteiger partial charge in [0.25, 0.3) is 5.91 Å². The Balaban J connectivity index is 1.79. The molecule has 0 aliphatic carbocycles. The summed E-state index contributed by atoms with van der Waals surface area (Å²) in [7, 11) is 1.59. The zero-order valence-corrected chi connectivity index (χ0v) is 18.6. The van der Waals surface area contributed by atoms with Crippen LogP contribution >= 0.6 is 23.4 Å². The van der Waals surface area contributed by atoms with E-state index in [-0.39, 0.29) is 23.5 Å². The van der Waals surface area contributed by atoms with E-state index in [1.54, 1.807) is 30.2 Å². The topological polar surface area (TPSA) is 91.3 Å². The number of fused-ring (bicyclic) bond motifs is 2. The molecule has 2 aromatic carbocycles. The largest absolute Gasteiger partial charge is 0.497 e. The van der Waals surface area contributed by atoms with Crippen LogP contribution in [0, 0.1) is 0 Å². The molecular weight excluding hydrogens is 440 g/mol. The lowest BCUT2D eigenvalue weighted by Crippen LogP contribution is -2.48. The third-order valence-electron chi connectivity index (χ3n) is 4.96. The van der Waals surface area contributed by atoms with E-state index < -0.39 is 10.8 Å². The number of hydrogen-bond acceptors (Lipinski definition) is 6. The molecule has 10 heteroatoms. The van der Waals surface area contributed by atoms with Crippen molar-refractivity contribution in [3.05, 3.63) is 58.6 Å². The van der Waals surface area contributed by atoms with Gasteiger partial charge in [-0.3, -0.25) is 14.4 Å². The van der Waals surface area contributed by atoms with Crippen molar-refractivity contribution in [2.75, 3.05) is 12.0 Å². The molecule has 0 saturated heterocycles. The number of methoxy groups -OCH3 is 1. The second-order valence-electron chi connectivity index (χ2n) is 7.06. The summed E-state index contributed by atoms with van der Waals surface area (Å²) in [5, 5.41) is 8.53. The molecule has 160 valence electrons. The number of amidine groups is 1. The SMILES string of the molecule is COc1ccc(CN2C(=O)C3(SC(NC(C)=O)=NN3C(C)=O)c3cc(Cl)ccc32)cc1. The Morgan fingerprint density at radius 1 is 1.19 bits per heavy atom. The van der Waals surface area contributed by atoms with Crippen LogP contribution in [0.3, 0.4) is 0 Å². The molecule has 0 radical (unpaired) electrons. The van der Waals surface area contributed by atoms with Gasteiger partial charge in [-0.05, 0) is 47.7 Å². The van der Waals surface area contributed by atoms with Gasteiger partial charge in [0.05, 0.1) is 19.3 Å². The number of amides is 3. The first-order valence-corrected chi connectivity index (χ1v) is 10.6. The molecule has 1 N–H and O–H groups in total. The van der Waals surface area contributed by atoms with Gasteiger partial charge in [-0.1, -0.05) is 23.7 Å². The van der Waals surface area contributed by atoms with Gasteiger partial charge in [0, 0.05) is 24.4 Å². The van der Waals surface area contributed by atoms with E-state index in [1.807, 2.05) is 24.3 Å². The highest BCUT2D eigenvalue weighted by atomic mass is 35.5. The van der Waals surface area contributed by atoms with Crippen molar-refractivity contribution in [2.45, 2.75) is 25.3 Å². The van der Waals surface area contributed by atoms with Crippen LogP contribution in [0.4, 0.5) is 5.69 Å². The van der Waals surface area contributed by atoms with Crippen LogP contribution in [0.2, 0.25) is 5.02 Å². The molecule has 2 aromatic rings. The molecule has 4 rings (SSSR count). The highest BCUT2D eigenvalue weighted by Crippen LogP contribution is 2.55. The summed E-state index contributed by atoms with van der Waals surface area (Å²) in [5.41, 5.74) is 2.05. The van der Waals surface area contributed by atoms with Crippen LogP contribution < -0.4 is 15.0 Å². The van der Waals surface area contributed by atoms with E-state index in [2.05, 4.69) is 10.4 Å². The maximum Gasteiger partial charge on any atom is 0.271 e. The van der Waals surface area contributed by atoms with Crippen LogP contribution in [0.5, 0.6) is 5.75 Å². The van der Waals surface area contributed by atoms with Crippen LogP contribution in [0.15, 0.2) is 47.6 Å². The van der Waals surface area contributed by atoms with Gasteiger partial charge in [0.1, 0.15) is 5.75 Å². The molecular formula is C21H19ClN4O4S. The number of benzene rings is 2. The Morgan fingerprint density at radius 2 is 1.90 bits per heavy atom. The Bertz CT molecular complexity index is 1120. The molecule has 0 fully saturated rings. The number of rotatable bonds is 3. The summed E-state index contributed by atoms with van der Waals surface area (Å²) in [6.45, 7) is 2.94. The molecule has 0 bridgehead atoms. The molecule has 1 spiro atoms. The molecule has 8 nitrogen and oxygen atoms in total. The number of halogens is 1. The average molecular weight is 459 g/mol. The van der Waals surface area contributed by atoms with Crippen molar-refractivity contribution in [2.24, 2.45) is 5.10 Å². The fourth-order valence-electron chi connectivity index (χ4n) is 3.65. The summed E-state index contributed by atoms with van der Waals surface area (Å²) < 4.78 is 5.20. The summed E-state index contributed by atoms with van der Waals surface area (Å²) in [6, 6.07) is 12.5. The summed E-state index contributed by atoms with van der Waals surface area (Å²) in [5.74, 6) is -0.412. The summed E-state index contributed by atoms with van der Waals surface area (Å²) in [6.07, 6.45) is 0. The first-order chi connectivity index (χ1) is 14.8. The van der Waals surface area contributed by atoms with Crippen LogP contribution in [0.1, 0.15) is 25.0 Å². The van der Waals surface area contributed by atoms with Gasteiger partial charge in [-0.25, -0.2) is 0 Å². The maximum atomic E-state index is 13.8. The van der Waals surface area contributed by atoms with Crippen molar-refractivity contribution in [3.63, 3.8) is 0 Å². The molecule has 0 saturated carbocycles. The van der Waals surface area contributed by atoms with E-state index in [0.717, 1.165) is 22.3 Å². The number of anilines is 1. The predicted molar refractivity (Wildman–Crippen MR) is 119 cm³/mol. The minimum atomic E-state index is -1.48. The fourth-order valence-corrected chi connectivity index (χ4v) is 5.15. The lowest BCUT2D eigenvalue weighted by Gasteiger charge is -2.29. The fraction of sp³-hybridized carbons (Fsp3) is 0.238. The zero-order valence-electron chi connectivity index (χ0n) is 17.0. The minimum Gasteiger partial charge on any atom is -0.497 e. The monoisotopic (exact) mass is 458 g/mol. The number of ether oxygens (including phenoxy) is 1. The van der Waals surface area contributed by atoms with E-state index in [4.69, 9.17) is 16.3 Å².